The maximum Gasteiger partial charge on any atom is 0.263 e. The molecule has 1 aromatic rings. The van der Waals surface area contributed by atoms with Crippen molar-refractivity contribution >= 4 is 21.7 Å². The van der Waals surface area contributed by atoms with E-state index in [1.165, 1.54) is 6.92 Å². The standard InChI is InChI=1S/C10H9BrF2O2/c1-5(14)9(11)7-4-6(10(12)13)2-3-8(7)15/h2-4,9-10,15H,1H3. The SMILES string of the molecule is CC(=O)C(Br)c1cc(C(F)F)ccc1O. The molecule has 0 heterocycles. The van der Waals surface area contributed by atoms with E-state index in [0.717, 1.165) is 18.2 Å². The minimum Gasteiger partial charge on any atom is -0.508 e. The molecule has 0 saturated heterocycles. The summed E-state index contributed by atoms with van der Waals surface area (Å²) < 4.78 is 24.7. The molecule has 1 N–H and O–H groups in total. The second-order valence-corrected chi connectivity index (χ2v) is 4.01. The normalized spacial score (nSPS) is 12.9. The molecule has 15 heavy (non-hydrogen) atoms. The van der Waals surface area contributed by atoms with Gasteiger partial charge in [0.1, 0.15) is 16.4 Å². The summed E-state index contributed by atoms with van der Waals surface area (Å²) in [5, 5.41) is 9.41. The van der Waals surface area contributed by atoms with Crippen LogP contribution in [0.15, 0.2) is 18.2 Å². The van der Waals surface area contributed by atoms with Gasteiger partial charge in [0.15, 0.2) is 0 Å². The molecule has 1 aromatic carbocycles. The zero-order chi connectivity index (χ0) is 11.6. The highest BCUT2D eigenvalue weighted by Gasteiger charge is 2.19. The molecule has 0 amide bonds. The predicted molar refractivity (Wildman–Crippen MR) is 55.4 cm³/mol. The number of phenolic OH excluding ortho intramolecular Hbond substituents is 1. The van der Waals surface area contributed by atoms with Crippen LogP contribution in [0, 0.1) is 0 Å². The summed E-state index contributed by atoms with van der Waals surface area (Å²) >= 11 is 3.03. The Morgan fingerprint density at radius 2 is 2.07 bits per heavy atom. The lowest BCUT2D eigenvalue weighted by Crippen LogP contribution is -2.02. The number of carbonyl (C=O) groups is 1. The first-order valence-corrected chi connectivity index (χ1v) is 5.10. The fourth-order valence-corrected chi connectivity index (χ4v) is 1.50. The van der Waals surface area contributed by atoms with Gasteiger partial charge in [-0.05, 0) is 25.1 Å². The minimum absolute atomic E-state index is 0.167. The van der Waals surface area contributed by atoms with Crippen molar-refractivity contribution in [2.45, 2.75) is 18.2 Å². The van der Waals surface area contributed by atoms with Crippen molar-refractivity contribution in [1.29, 1.82) is 0 Å². The number of ketones is 1. The van der Waals surface area contributed by atoms with Gasteiger partial charge in [0, 0.05) is 11.1 Å². The summed E-state index contributed by atoms with van der Waals surface area (Å²) in [5.41, 5.74) is -0.0474. The summed E-state index contributed by atoms with van der Waals surface area (Å²) in [6.45, 7) is 1.31. The molecule has 1 unspecified atom stereocenters. The summed E-state index contributed by atoms with van der Waals surface area (Å²) in [7, 11) is 0. The molecule has 1 rings (SSSR count). The largest absolute Gasteiger partial charge is 0.508 e. The van der Waals surface area contributed by atoms with Crippen LogP contribution in [-0.2, 0) is 4.79 Å². The van der Waals surface area contributed by atoms with Gasteiger partial charge in [0.25, 0.3) is 6.43 Å². The topological polar surface area (TPSA) is 37.3 Å². The Hall–Kier alpha value is -0.970. The molecule has 2 nitrogen and oxygen atoms in total. The van der Waals surface area contributed by atoms with E-state index in [2.05, 4.69) is 15.9 Å². The number of phenols is 1. The van der Waals surface area contributed by atoms with Gasteiger partial charge in [-0.3, -0.25) is 4.79 Å². The highest BCUT2D eigenvalue weighted by atomic mass is 79.9. The number of halogens is 3. The van der Waals surface area contributed by atoms with Gasteiger partial charge < -0.3 is 5.11 Å². The molecule has 0 saturated carbocycles. The Labute approximate surface area is 94.0 Å². The number of hydrogen-bond acceptors (Lipinski definition) is 2. The summed E-state index contributed by atoms with van der Waals surface area (Å²) in [6, 6.07) is 3.41. The van der Waals surface area contributed by atoms with Gasteiger partial charge in [-0.15, -0.1) is 0 Å². The molecule has 82 valence electrons. The van der Waals surface area contributed by atoms with Gasteiger partial charge in [0.2, 0.25) is 0 Å². The van der Waals surface area contributed by atoms with Crippen LogP contribution >= 0.6 is 15.9 Å². The second-order valence-electron chi connectivity index (χ2n) is 3.09. The van der Waals surface area contributed by atoms with Crippen molar-refractivity contribution in [1.82, 2.24) is 0 Å². The Balaban J connectivity index is 3.16. The highest BCUT2D eigenvalue weighted by molar-refractivity contribution is 9.09. The first-order valence-electron chi connectivity index (χ1n) is 4.19. The van der Waals surface area contributed by atoms with Gasteiger partial charge in [-0.25, -0.2) is 8.78 Å². The molecule has 0 radical (unpaired) electrons. The first kappa shape index (κ1) is 12.1. The third-order valence-corrected chi connectivity index (χ3v) is 3.07. The van der Waals surface area contributed by atoms with E-state index in [9.17, 15) is 18.7 Å². The van der Waals surface area contributed by atoms with Crippen molar-refractivity contribution in [3.05, 3.63) is 29.3 Å². The van der Waals surface area contributed by atoms with E-state index in [-0.39, 0.29) is 22.7 Å². The molecule has 0 aliphatic carbocycles. The molecule has 0 bridgehead atoms. The van der Waals surface area contributed by atoms with E-state index in [1.54, 1.807) is 0 Å². The summed E-state index contributed by atoms with van der Waals surface area (Å²) in [4.78, 5) is 10.3. The molecule has 0 fully saturated rings. The van der Waals surface area contributed by atoms with Crippen molar-refractivity contribution < 1.29 is 18.7 Å². The Bertz CT molecular complexity index is 380. The van der Waals surface area contributed by atoms with Crippen molar-refractivity contribution in [2.75, 3.05) is 0 Å². The fraction of sp³-hybridized carbons (Fsp3) is 0.300. The third kappa shape index (κ3) is 2.75. The monoisotopic (exact) mass is 278 g/mol. The molecular formula is C10H9BrF2O2. The van der Waals surface area contributed by atoms with Crippen molar-refractivity contribution in [3.63, 3.8) is 0 Å². The summed E-state index contributed by atoms with van der Waals surface area (Å²) in [6.07, 6.45) is -2.61. The molecular weight excluding hydrogens is 270 g/mol. The smallest absolute Gasteiger partial charge is 0.263 e. The van der Waals surface area contributed by atoms with E-state index < -0.39 is 11.3 Å². The predicted octanol–water partition coefficient (Wildman–Crippen LogP) is 3.35. The maximum atomic E-state index is 12.4. The van der Waals surface area contributed by atoms with Crippen LogP contribution in [0.5, 0.6) is 5.75 Å². The molecule has 0 aliphatic heterocycles. The molecule has 0 aliphatic rings. The number of carbonyl (C=O) groups excluding carboxylic acids is 1. The highest BCUT2D eigenvalue weighted by Crippen LogP contribution is 2.34. The lowest BCUT2D eigenvalue weighted by atomic mass is 10.1. The van der Waals surface area contributed by atoms with Crippen LogP contribution in [-0.4, -0.2) is 10.9 Å². The number of hydrogen-bond donors (Lipinski definition) is 1. The lowest BCUT2D eigenvalue weighted by Gasteiger charge is -2.10. The van der Waals surface area contributed by atoms with Gasteiger partial charge in [-0.1, -0.05) is 15.9 Å². The van der Waals surface area contributed by atoms with Gasteiger partial charge in [0.05, 0.1) is 0 Å². The number of rotatable bonds is 3. The van der Waals surface area contributed by atoms with Gasteiger partial charge >= 0.3 is 0 Å². The Morgan fingerprint density at radius 1 is 1.47 bits per heavy atom. The number of alkyl halides is 3. The van der Waals surface area contributed by atoms with E-state index in [4.69, 9.17) is 0 Å². The Kier molecular flexibility index (Phi) is 3.79. The maximum absolute atomic E-state index is 12.4. The van der Waals surface area contributed by atoms with Crippen molar-refractivity contribution in [2.24, 2.45) is 0 Å². The Morgan fingerprint density at radius 3 is 2.53 bits per heavy atom. The van der Waals surface area contributed by atoms with E-state index >= 15 is 0 Å². The zero-order valence-electron chi connectivity index (χ0n) is 7.88. The van der Waals surface area contributed by atoms with E-state index in [0.29, 0.717) is 0 Å². The zero-order valence-corrected chi connectivity index (χ0v) is 9.46. The second kappa shape index (κ2) is 4.70. The van der Waals surface area contributed by atoms with Crippen LogP contribution < -0.4 is 0 Å². The number of benzene rings is 1. The van der Waals surface area contributed by atoms with Crippen LogP contribution in [0.4, 0.5) is 8.78 Å². The van der Waals surface area contributed by atoms with Crippen LogP contribution in [0.1, 0.15) is 29.3 Å². The molecule has 5 heteroatoms. The van der Waals surface area contributed by atoms with Crippen LogP contribution in [0.3, 0.4) is 0 Å². The average molecular weight is 279 g/mol. The average Bonchev–Trinajstić information content (AvgIpc) is 2.16. The number of Topliss-reactive ketones (excluding diaryl/α,β-unsaturated/α-hetero) is 1. The third-order valence-electron chi connectivity index (χ3n) is 1.93. The van der Waals surface area contributed by atoms with Gasteiger partial charge in [-0.2, -0.15) is 0 Å². The number of aromatic hydroxyl groups is 1. The van der Waals surface area contributed by atoms with Crippen LogP contribution in [0.25, 0.3) is 0 Å². The quantitative estimate of drug-likeness (QED) is 0.861. The molecule has 1 atom stereocenters. The fourth-order valence-electron chi connectivity index (χ4n) is 1.13. The molecule has 0 spiro atoms. The van der Waals surface area contributed by atoms with Crippen molar-refractivity contribution in [3.8, 4) is 5.75 Å². The van der Waals surface area contributed by atoms with E-state index in [1.807, 2.05) is 0 Å². The minimum atomic E-state index is -2.61. The molecule has 0 aromatic heterocycles. The summed E-state index contributed by atoms with van der Waals surface area (Å²) in [5.74, 6) is -0.423. The first-order chi connectivity index (χ1) is 6.93. The lowest BCUT2D eigenvalue weighted by molar-refractivity contribution is -0.116. The van der Waals surface area contributed by atoms with Crippen LogP contribution in [0.2, 0.25) is 0 Å².